The number of benzene rings is 2. The molecule has 2 aromatic carbocycles. The van der Waals surface area contributed by atoms with Crippen molar-refractivity contribution >= 4 is 22.6 Å². The number of anilines is 1. The first-order valence-electron chi connectivity index (χ1n) is 12.2. The zero-order valence-electron chi connectivity index (χ0n) is 21.2. The Kier molecular flexibility index (Phi) is 6.07. The summed E-state index contributed by atoms with van der Waals surface area (Å²) in [5.74, 6) is 0.00556. The molecule has 180 valence electrons. The van der Waals surface area contributed by atoms with Crippen LogP contribution in [0.3, 0.4) is 0 Å². The van der Waals surface area contributed by atoms with Crippen LogP contribution in [0.4, 0.5) is 5.69 Å². The third-order valence-electron chi connectivity index (χ3n) is 7.16. The molecule has 0 aliphatic carbocycles. The van der Waals surface area contributed by atoms with E-state index in [1.807, 2.05) is 36.7 Å². The fourth-order valence-electron chi connectivity index (χ4n) is 5.05. The first-order chi connectivity index (χ1) is 16.8. The molecule has 1 N–H and O–H groups in total. The lowest BCUT2D eigenvalue weighted by molar-refractivity contribution is 0.0827. The summed E-state index contributed by atoms with van der Waals surface area (Å²) in [5, 5.41) is 1.12. The van der Waals surface area contributed by atoms with Gasteiger partial charge in [0.05, 0.1) is 0 Å². The summed E-state index contributed by atoms with van der Waals surface area (Å²) in [6.07, 6.45) is 3.99. The lowest BCUT2D eigenvalue weighted by Crippen LogP contribution is -2.44. The number of aromatic nitrogens is 2. The van der Waals surface area contributed by atoms with Crippen LogP contribution in [0.2, 0.25) is 0 Å². The molecule has 3 heterocycles. The normalized spacial score (nSPS) is 14.5. The minimum Gasteiger partial charge on any atom is -0.369 e. The molecule has 35 heavy (non-hydrogen) atoms. The minimum absolute atomic E-state index is 0.00556. The van der Waals surface area contributed by atoms with E-state index in [0.717, 1.165) is 53.9 Å². The molecule has 1 amide bonds. The first-order valence-corrected chi connectivity index (χ1v) is 12.2. The number of amides is 1. The summed E-state index contributed by atoms with van der Waals surface area (Å²) in [7, 11) is 5.73. The largest absolute Gasteiger partial charge is 0.369 e. The van der Waals surface area contributed by atoms with E-state index in [1.54, 1.807) is 19.0 Å². The molecule has 6 heteroatoms. The molecule has 0 radical (unpaired) electrons. The fraction of sp³-hybridized carbons (Fsp3) is 0.310. The molecular formula is C29H33N5O. The summed E-state index contributed by atoms with van der Waals surface area (Å²) >= 11 is 0. The predicted molar refractivity (Wildman–Crippen MR) is 144 cm³/mol. The predicted octanol–water partition coefficient (Wildman–Crippen LogP) is 4.97. The van der Waals surface area contributed by atoms with E-state index in [9.17, 15) is 4.79 Å². The Balaban J connectivity index is 1.50. The van der Waals surface area contributed by atoms with Gasteiger partial charge in [-0.2, -0.15) is 0 Å². The number of piperazine rings is 1. The van der Waals surface area contributed by atoms with E-state index in [-0.39, 0.29) is 5.91 Å². The molecule has 6 nitrogen and oxygen atoms in total. The highest BCUT2D eigenvalue weighted by molar-refractivity contribution is 6.00. The Labute approximate surface area is 207 Å². The van der Waals surface area contributed by atoms with Crippen LogP contribution < -0.4 is 4.90 Å². The molecule has 0 atom stereocenters. The molecule has 5 rings (SSSR count). The maximum Gasteiger partial charge on any atom is 0.253 e. The van der Waals surface area contributed by atoms with Gasteiger partial charge >= 0.3 is 0 Å². The lowest BCUT2D eigenvalue weighted by atomic mass is 9.95. The Bertz CT molecular complexity index is 1380. The van der Waals surface area contributed by atoms with Crippen LogP contribution in [0, 0.1) is 13.8 Å². The summed E-state index contributed by atoms with van der Waals surface area (Å²) in [6, 6.07) is 14.6. The van der Waals surface area contributed by atoms with Crippen LogP contribution in [0.25, 0.3) is 33.3 Å². The highest BCUT2D eigenvalue weighted by atomic mass is 16.2. The van der Waals surface area contributed by atoms with E-state index >= 15 is 0 Å². The van der Waals surface area contributed by atoms with Crippen LogP contribution in [0.5, 0.6) is 0 Å². The van der Waals surface area contributed by atoms with Crippen LogP contribution in [0.15, 0.2) is 54.9 Å². The smallest absolute Gasteiger partial charge is 0.253 e. The zero-order chi connectivity index (χ0) is 24.7. The van der Waals surface area contributed by atoms with E-state index in [2.05, 4.69) is 53.9 Å². The number of hydrogen-bond donors (Lipinski definition) is 1. The molecule has 0 saturated carbocycles. The third kappa shape index (κ3) is 4.30. The van der Waals surface area contributed by atoms with Crippen molar-refractivity contribution in [3.05, 3.63) is 71.5 Å². The lowest BCUT2D eigenvalue weighted by Gasteiger charge is -2.35. The third-order valence-corrected chi connectivity index (χ3v) is 7.16. The number of carbonyl (C=O) groups excluding carboxylic acids is 1. The average molecular weight is 468 g/mol. The van der Waals surface area contributed by atoms with Gasteiger partial charge in [-0.05, 0) is 67.4 Å². The second-order valence-electron chi connectivity index (χ2n) is 9.79. The number of likely N-dealkylation sites (N-methyl/N-ethyl adjacent to an activating group) is 1. The van der Waals surface area contributed by atoms with Crippen molar-refractivity contribution in [3.63, 3.8) is 0 Å². The number of carbonyl (C=O) groups is 1. The number of pyridine rings is 1. The fourth-order valence-corrected chi connectivity index (χ4v) is 5.05. The molecular weight excluding hydrogens is 434 g/mol. The van der Waals surface area contributed by atoms with Gasteiger partial charge in [0.2, 0.25) is 0 Å². The number of nitrogens with zero attached hydrogens (tertiary/aromatic N) is 4. The van der Waals surface area contributed by atoms with Crippen molar-refractivity contribution in [2.45, 2.75) is 13.8 Å². The number of aromatic amines is 1. The van der Waals surface area contributed by atoms with Crippen LogP contribution in [0.1, 0.15) is 21.5 Å². The van der Waals surface area contributed by atoms with Crippen LogP contribution in [-0.4, -0.2) is 73.0 Å². The molecule has 0 spiro atoms. The Morgan fingerprint density at radius 2 is 1.63 bits per heavy atom. The van der Waals surface area contributed by atoms with Gasteiger partial charge in [0, 0.05) is 80.4 Å². The molecule has 2 aromatic heterocycles. The van der Waals surface area contributed by atoms with E-state index in [4.69, 9.17) is 4.98 Å². The van der Waals surface area contributed by atoms with Crippen molar-refractivity contribution in [3.8, 4) is 22.3 Å². The van der Waals surface area contributed by atoms with Gasteiger partial charge in [0.15, 0.2) is 0 Å². The number of aryl methyl sites for hydroxylation is 2. The number of rotatable bonds is 4. The molecule has 1 aliphatic rings. The van der Waals surface area contributed by atoms with Crippen LogP contribution in [-0.2, 0) is 0 Å². The molecule has 1 aliphatic heterocycles. The quantitative estimate of drug-likeness (QED) is 0.461. The Morgan fingerprint density at radius 1 is 0.943 bits per heavy atom. The summed E-state index contributed by atoms with van der Waals surface area (Å²) in [4.78, 5) is 26.8. The Morgan fingerprint density at radius 3 is 2.29 bits per heavy atom. The second kappa shape index (κ2) is 9.19. The number of hydrogen-bond acceptors (Lipinski definition) is 4. The highest BCUT2D eigenvalue weighted by Gasteiger charge is 2.18. The molecule has 1 saturated heterocycles. The Hall–Kier alpha value is -3.64. The van der Waals surface area contributed by atoms with Gasteiger partial charge in [-0.3, -0.25) is 4.79 Å². The maximum atomic E-state index is 12.3. The average Bonchev–Trinajstić information content (AvgIpc) is 3.30. The summed E-state index contributed by atoms with van der Waals surface area (Å²) in [5.41, 5.74) is 9.87. The maximum absolute atomic E-state index is 12.3. The minimum atomic E-state index is 0.00556. The summed E-state index contributed by atoms with van der Waals surface area (Å²) < 4.78 is 0. The van der Waals surface area contributed by atoms with Crippen molar-refractivity contribution in [2.75, 3.05) is 52.2 Å². The van der Waals surface area contributed by atoms with Crippen molar-refractivity contribution in [1.82, 2.24) is 19.8 Å². The molecule has 4 aromatic rings. The number of fused-ring (bicyclic) bond motifs is 1. The van der Waals surface area contributed by atoms with Gasteiger partial charge in [0.1, 0.15) is 5.65 Å². The monoisotopic (exact) mass is 467 g/mol. The SMILES string of the molecule is Cc1cc(-c2cnc3[nH]cc(-c4ccc(C(=O)N(C)C)cc4)c3c2C)ccc1N1CCN(C)CC1. The van der Waals surface area contributed by atoms with Gasteiger partial charge in [-0.1, -0.05) is 18.2 Å². The molecule has 0 unspecified atom stereocenters. The van der Waals surface area contributed by atoms with Gasteiger partial charge < -0.3 is 19.7 Å². The van der Waals surface area contributed by atoms with Gasteiger partial charge in [0.25, 0.3) is 5.91 Å². The molecule has 0 bridgehead atoms. The number of nitrogens with one attached hydrogen (secondary N) is 1. The van der Waals surface area contributed by atoms with Gasteiger partial charge in [-0.25, -0.2) is 4.98 Å². The zero-order valence-corrected chi connectivity index (χ0v) is 21.2. The van der Waals surface area contributed by atoms with E-state index in [0.29, 0.717) is 5.56 Å². The van der Waals surface area contributed by atoms with Gasteiger partial charge in [-0.15, -0.1) is 0 Å². The van der Waals surface area contributed by atoms with Crippen molar-refractivity contribution in [1.29, 1.82) is 0 Å². The highest BCUT2D eigenvalue weighted by Crippen LogP contribution is 2.36. The topological polar surface area (TPSA) is 55.5 Å². The number of H-pyrrole nitrogens is 1. The van der Waals surface area contributed by atoms with E-state index in [1.165, 1.54) is 22.4 Å². The van der Waals surface area contributed by atoms with Crippen LogP contribution >= 0.6 is 0 Å². The standard InChI is InChI=1S/C29H33N5O/c1-19-16-23(10-11-26(19)34-14-12-33(5)13-15-34)24-17-30-28-27(20(24)2)25(18-31-28)21-6-8-22(9-7-21)29(35)32(3)4/h6-11,16-18H,12-15H2,1-5H3,(H,30,31). The van der Waals surface area contributed by atoms with Crippen molar-refractivity contribution in [2.24, 2.45) is 0 Å². The second-order valence-corrected chi connectivity index (χ2v) is 9.79. The van der Waals surface area contributed by atoms with Crippen molar-refractivity contribution < 1.29 is 4.79 Å². The molecule has 1 fully saturated rings. The summed E-state index contributed by atoms with van der Waals surface area (Å²) in [6.45, 7) is 8.70. The van der Waals surface area contributed by atoms with E-state index < -0.39 is 0 Å². The first kappa shape index (κ1) is 23.1.